The van der Waals surface area contributed by atoms with Crippen molar-refractivity contribution in [2.24, 2.45) is 4.99 Å². The van der Waals surface area contributed by atoms with Gasteiger partial charge in [-0.3, -0.25) is 0 Å². The molecule has 1 rings (SSSR count). The lowest BCUT2D eigenvalue weighted by atomic mass is 10.8. The van der Waals surface area contributed by atoms with Gasteiger partial charge in [-0.15, -0.1) is 0 Å². The lowest BCUT2D eigenvalue weighted by Gasteiger charge is -1.85. The molecule has 0 aromatic carbocycles. The van der Waals surface area contributed by atoms with Gasteiger partial charge in [-0.25, -0.2) is 4.99 Å². The standard InChI is InChI=1S/C4H7NO/c1-2-6-4-3-5-4/h2-3H2,1H3. The molecule has 0 amide bonds. The van der Waals surface area contributed by atoms with Gasteiger partial charge in [0.2, 0.25) is 5.90 Å². The Morgan fingerprint density at radius 1 is 2.00 bits per heavy atom. The molecule has 0 saturated carbocycles. The van der Waals surface area contributed by atoms with E-state index in [1.54, 1.807) is 0 Å². The third-order valence-electron chi connectivity index (χ3n) is 0.598. The van der Waals surface area contributed by atoms with Crippen molar-refractivity contribution in [1.29, 1.82) is 0 Å². The van der Waals surface area contributed by atoms with Gasteiger partial charge in [-0.2, -0.15) is 0 Å². The van der Waals surface area contributed by atoms with Crippen molar-refractivity contribution in [2.45, 2.75) is 6.92 Å². The van der Waals surface area contributed by atoms with Crippen LogP contribution in [0, 0.1) is 0 Å². The van der Waals surface area contributed by atoms with Gasteiger partial charge in [0, 0.05) is 0 Å². The fourth-order valence-electron chi connectivity index (χ4n) is 0.290. The maximum atomic E-state index is 4.90. The Hall–Kier alpha value is -0.530. The summed E-state index contributed by atoms with van der Waals surface area (Å²) in [7, 11) is 0. The number of hydrogen-bond donors (Lipinski definition) is 0. The van der Waals surface area contributed by atoms with Crippen molar-refractivity contribution in [3.63, 3.8) is 0 Å². The van der Waals surface area contributed by atoms with Crippen molar-refractivity contribution in [3.05, 3.63) is 0 Å². The number of hydrogen-bond acceptors (Lipinski definition) is 2. The molecule has 2 nitrogen and oxygen atoms in total. The number of ether oxygens (including phenoxy) is 1. The molecule has 34 valence electrons. The lowest BCUT2D eigenvalue weighted by Crippen LogP contribution is -1.89. The van der Waals surface area contributed by atoms with Gasteiger partial charge < -0.3 is 4.74 Å². The fourth-order valence-corrected chi connectivity index (χ4v) is 0.290. The van der Waals surface area contributed by atoms with Crippen LogP contribution in [-0.2, 0) is 4.74 Å². The minimum Gasteiger partial charge on any atom is -0.480 e. The van der Waals surface area contributed by atoms with E-state index in [0.717, 1.165) is 19.0 Å². The maximum Gasteiger partial charge on any atom is 0.206 e. The van der Waals surface area contributed by atoms with Crippen molar-refractivity contribution in [1.82, 2.24) is 0 Å². The molecule has 0 aromatic rings. The molecule has 0 N–H and O–H groups in total. The van der Waals surface area contributed by atoms with Crippen molar-refractivity contribution < 1.29 is 4.74 Å². The molecular weight excluding hydrogens is 78.0 g/mol. The molecule has 1 heterocycles. The first kappa shape index (κ1) is 3.65. The molecule has 0 saturated heterocycles. The fraction of sp³-hybridized carbons (Fsp3) is 0.750. The van der Waals surface area contributed by atoms with Gasteiger partial charge in [-0.05, 0) is 6.92 Å². The minimum absolute atomic E-state index is 0.763. The predicted octanol–water partition coefficient (Wildman–Crippen LogP) is 0.435. The zero-order valence-corrected chi connectivity index (χ0v) is 3.77. The molecule has 1 aliphatic heterocycles. The van der Waals surface area contributed by atoms with Crippen LogP contribution in [0.15, 0.2) is 4.99 Å². The van der Waals surface area contributed by atoms with Crippen LogP contribution in [0.2, 0.25) is 0 Å². The van der Waals surface area contributed by atoms with Crippen LogP contribution in [0.3, 0.4) is 0 Å². The minimum atomic E-state index is 0.763. The van der Waals surface area contributed by atoms with E-state index in [2.05, 4.69) is 4.99 Å². The van der Waals surface area contributed by atoms with E-state index in [-0.39, 0.29) is 0 Å². The molecule has 0 unspecified atom stereocenters. The summed E-state index contributed by atoms with van der Waals surface area (Å²) >= 11 is 0. The largest absolute Gasteiger partial charge is 0.480 e. The van der Waals surface area contributed by atoms with E-state index in [1.165, 1.54) is 0 Å². The molecule has 0 radical (unpaired) electrons. The second kappa shape index (κ2) is 1.29. The van der Waals surface area contributed by atoms with E-state index in [9.17, 15) is 0 Å². The zero-order chi connectivity index (χ0) is 4.41. The Bertz CT molecular complexity index is 77.6. The van der Waals surface area contributed by atoms with Crippen LogP contribution < -0.4 is 0 Å². The normalized spacial score (nSPS) is 16.5. The number of aliphatic imine (C=N–C) groups is 1. The third-order valence-corrected chi connectivity index (χ3v) is 0.598. The quantitative estimate of drug-likeness (QED) is 0.452. The highest BCUT2D eigenvalue weighted by molar-refractivity contribution is 5.89. The van der Waals surface area contributed by atoms with Crippen molar-refractivity contribution >= 4 is 5.90 Å². The summed E-state index contributed by atoms with van der Waals surface area (Å²) in [4.78, 5) is 3.79. The molecule has 6 heavy (non-hydrogen) atoms. The van der Waals surface area contributed by atoms with Crippen LogP contribution >= 0.6 is 0 Å². The summed E-state index contributed by atoms with van der Waals surface area (Å²) in [6.07, 6.45) is 0. The molecule has 0 atom stereocenters. The smallest absolute Gasteiger partial charge is 0.206 e. The summed E-state index contributed by atoms with van der Waals surface area (Å²) in [5.41, 5.74) is 0. The van der Waals surface area contributed by atoms with Crippen molar-refractivity contribution in [3.8, 4) is 0 Å². The lowest BCUT2D eigenvalue weighted by molar-refractivity contribution is 0.336. The highest BCUT2D eigenvalue weighted by Gasteiger charge is 2.07. The van der Waals surface area contributed by atoms with Crippen LogP contribution in [0.1, 0.15) is 6.92 Å². The SMILES string of the molecule is CCOC1=NC1. The molecule has 0 fully saturated rings. The van der Waals surface area contributed by atoms with Crippen LogP contribution in [0.25, 0.3) is 0 Å². The molecule has 0 aliphatic carbocycles. The Morgan fingerprint density at radius 2 is 2.67 bits per heavy atom. The summed E-state index contributed by atoms with van der Waals surface area (Å²) in [6.45, 7) is 3.56. The topological polar surface area (TPSA) is 21.6 Å². The summed E-state index contributed by atoms with van der Waals surface area (Å²) in [5.74, 6) is 0.914. The van der Waals surface area contributed by atoms with Gasteiger partial charge in [0.15, 0.2) is 0 Å². The van der Waals surface area contributed by atoms with Gasteiger partial charge in [0.1, 0.15) is 6.54 Å². The summed E-state index contributed by atoms with van der Waals surface area (Å²) < 4.78 is 4.90. The molecule has 0 aromatic heterocycles. The molecule has 0 spiro atoms. The first-order valence-electron chi connectivity index (χ1n) is 2.09. The van der Waals surface area contributed by atoms with Gasteiger partial charge in [0.05, 0.1) is 6.61 Å². The van der Waals surface area contributed by atoms with Crippen LogP contribution in [-0.4, -0.2) is 19.0 Å². The number of rotatable bonds is 1. The Balaban J connectivity index is 2.02. The van der Waals surface area contributed by atoms with Gasteiger partial charge >= 0.3 is 0 Å². The van der Waals surface area contributed by atoms with Gasteiger partial charge in [-0.1, -0.05) is 0 Å². The highest BCUT2D eigenvalue weighted by atomic mass is 16.5. The summed E-state index contributed by atoms with van der Waals surface area (Å²) in [5, 5.41) is 0. The molecular formula is C4H7NO. The Kier molecular flexibility index (Phi) is 0.783. The van der Waals surface area contributed by atoms with E-state index < -0.39 is 0 Å². The molecule has 1 aliphatic rings. The van der Waals surface area contributed by atoms with E-state index in [1.807, 2.05) is 6.92 Å². The zero-order valence-electron chi connectivity index (χ0n) is 3.77. The van der Waals surface area contributed by atoms with Crippen molar-refractivity contribution in [2.75, 3.05) is 13.2 Å². The van der Waals surface area contributed by atoms with E-state index >= 15 is 0 Å². The average molecular weight is 85.1 g/mol. The third kappa shape index (κ3) is 0.708. The number of nitrogens with zero attached hydrogens (tertiary/aromatic N) is 1. The summed E-state index contributed by atoms with van der Waals surface area (Å²) in [6, 6.07) is 0. The predicted molar refractivity (Wildman–Crippen MR) is 23.9 cm³/mol. The maximum absolute atomic E-state index is 4.90. The van der Waals surface area contributed by atoms with Crippen LogP contribution in [0.4, 0.5) is 0 Å². The first-order chi connectivity index (χ1) is 2.93. The monoisotopic (exact) mass is 85.1 g/mol. The van der Waals surface area contributed by atoms with E-state index in [4.69, 9.17) is 4.74 Å². The second-order valence-corrected chi connectivity index (χ2v) is 1.14. The molecule has 0 bridgehead atoms. The first-order valence-corrected chi connectivity index (χ1v) is 2.09. The molecule has 2 heteroatoms. The average Bonchev–Trinajstić information content (AvgIpc) is 2.21. The van der Waals surface area contributed by atoms with Crippen LogP contribution in [0.5, 0.6) is 0 Å². The Morgan fingerprint density at radius 3 is 2.83 bits per heavy atom. The second-order valence-electron chi connectivity index (χ2n) is 1.14. The van der Waals surface area contributed by atoms with E-state index in [0.29, 0.717) is 0 Å². The Labute approximate surface area is 36.8 Å². The van der Waals surface area contributed by atoms with Gasteiger partial charge in [0.25, 0.3) is 0 Å². The highest BCUT2D eigenvalue weighted by Crippen LogP contribution is 1.95.